The third-order valence-corrected chi connectivity index (χ3v) is 5.46. The zero-order valence-electron chi connectivity index (χ0n) is 19.0. The summed E-state index contributed by atoms with van der Waals surface area (Å²) < 4.78 is 13.3. The fourth-order valence-corrected chi connectivity index (χ4v) is 3.56. The molecule has 0 saturated carbocycles. The van der Waals surface area contributed by atoms with E-state index in [-0.39, 0.29) is 17.8 Å². The molecule has 4 rings (SSSR count). The molecule has 0 fully saturated rings. The molecule has 0 aliphatic heterocycles. The van der Waals surface area contributed by atoms with E-state index < -0.39 is 0 Å². The summed E-state index contributed by atoms with van der Waals surface area (Å²) in [5.74, 6) is 1.45. The molecule has 7 heteroatoms. The summed E-state index contributed by atoms with van der Waals surface area (Å²) in [6.07, 6.45) is 7.02. The standard InChI is InChI=1S/C27H25N3O4/c1-33-24-9-4-21(5-10-24)18-29-23(8-3-20-13-15-28-16-14-20)17-26(31)30(27(29)32)19-22-6-11-25(34-2)12-7-22/h3-17H,18-19H2,1-2H3. The molecule has 0 N–H and O–H groups in total. The molecule has 0 unspecified atom stereocenters. The Hall–Kier alpha value is -4.39. The van der Waals surface area contributed by atoms with Gasteiger partial charge in [-0.05, 0) is 59.2 Å². The van der Waals surface area contributed by atoms with Crippen LogP contribution in [0.15, 0.2) is 88.7 Å². The highest BCUT2D eigenvalue weighted by molar-refractivity contribution is 5.67. The zero-order valence-corrected chi connectivity index (χ0v) is 19.0. The van der Waals surface area contributed by atoms with E-state index in [9.17, 15) is 9.59 Å². The minimum absolute atomic E-state index is 0.165. The summed E-state index contributed by atoms with van der Waals surface area (Å²) in [5.41, 5.74) is 2.44. The van der Waals surface area contributed by atoms with Crippen LogP contribution < -0.4 is 20.7 Å². The Morgan fingerprint density at radius 3 is 1.79 bits per heavy atom. The van der Waals surface area contributed by atoms with Gasteiger partial charge in [0.25, 0.3) is 5.56 Å². The van der Waals surface area contributed by atoms with Crippen LogP contribution >= 0.6 is 0 Å². The molecule has 0 atom stereocenters. The summed E-state index contributed by atoms with van der Waals surface area (Å²) in [4.78, 5) is 30.5. The Labute approximate surface area is 197 Å². The third-order valence-electron chi connectivity index (χ3n) is 5.46. The van der Waals surface area contributed by atoms with Gasteiger partial charge in [0, 0.05) is 18.5 Å². The molecular formula is C27H25N3O4. The number of pyridine rings is 1. The average molecular weight is 456 g/mol. The number of methoxy groups -OCH3 is 2. The molecule has 0 bridgehead atoms. The van der Waals surface area contributed by atoms with Crippen LogP contribution in [0.3, 0.4) is 0 Å². The van der Waals surface area contributed by atoms with Crippen molar-refractivity contribution in [1.82, 2.24) is 14.1 Å². The van der Waals surface area contributed by atoms with Gasteiger partial charge in [-0.2, -0.15) is 0 Å². The lowest BCUT2D eigenvalue weighted by Crippen LogP contribution is -2.41. The molecule has 2 aromatic heterocycles. The molecule has 0 aliphatic carbocycles. The molecule has 34 heavy (non-hydrogen) atoms. The lowest BCUT2D eigenvalue weighted by Gasteiger charge is -2.14. The molecule has 172 valence electrons. The van der Waals surface area contributed by atoms with Crippen LogP contribution in [0.4, 0.5) is 0 Å². The van der Waals surface area contributed by atoms with E-state index in [1.165, 1.54) is 10.6 Å². The maximum absolute atomic E-state index is 13.5. The van der Waals surface area contributed by atoms with Gasteiger partial charge < -0.3 is 9.47 Å². The van der Waals surface area contributed by atoms with Crippen molar-refractivity contribution in [3.8, 4) is 11.5 Å². The van der Waals surface area contributed by atoms with E-state index in [1.807, 2.05) is 66.7 Å². The minimum Gasteiger partial charge on any atom is -0.497 e. The Bertz CT molecular complexity index is 1390. The summed E-state index contributed by atoms with van der Waals surface area (Å²) in [6, 6.07) is 20.0. The van der Waals surface area contributed by atoms with E-state index in [4.69, 9.17) is 9.47 Å². The van der Waals surface area contributed by atoms with Crippen molar-refractivity contribution < 1.29 is 9.47 Å². The highest BCUT2D eigenvalue weighted by Gasteiger charge is 2.12. The number of hydrogen-bond acceptors (Lipinski definition) is 5. The molecule has 0 radical (unpaired) electrons. The van der Waals surface area contributed by atoms with Crippen molar-refractivity contribution in [2.75, 3.05) is 14.2 Å². The van der Waals surface area contributed by atoms with Gasteiger partial charge in [0.05, 0.1) is 33.0 Å². The third kappa shape index (κ3) is 5.32. The summed E-state index contributed by atoms with van der Waals surface area (Å²) in [7, 11) is 3.20. The van der Waals surface area contributed by atoms with Crippen molar-refractivity contribution in [1.29, 1.82) is 0 Å². The van der Waals surface area contributed by atoms with Crippen molar-refractivity contribution in [2.45, 2.75) is 13.1 Å². The topological polar surface area (TPSA) is 75.3 Å². The molecule has 2 heterocycles. The van der Waals surface area contributed by atoms with Gasteiger partial charge in [0.2, 0.25) is 0 Å². The van der Waals surface area contributed by atoms with Gasteiger partial charge in [0.15, 0.2) is 0 Å². The monoisotopic (exact) mass is 455 g/mol. The van der Waals surface area contributed by atoms with E-state index in [0.717, 1.165) is 22.4 Å². The van der Waals surface area contributed by atoms with E-state index in [2.05, 4.69) is 4.98 Å². The maximum Gasteiger partial charge on any atom is 0.332 e. The second-order valence-electron chi connectivity index (χ2n) is 7.67. The highest BCUT2D eigenvalue weighted by Crippen LogP contribution is 2.14. The molecule has 7 nitrogen and oxygen atoms in total. The van der Waals surface area contributed by atoms with Crippen molar-refractivity contribution in [3.63, 3.8) is 0 Å². The lowest BCUT2D eigenvalue weighted by molar-refractivity contribution is 0.414. The molecule has 0 amide bonds. The Balaban J connectivity index is 1.75. The first-order chi connectivity index (χ1) is 16.6. The van der Waals surface area contributed by atoms with Crippen molar-refractivity contribution in [3.05, 3.63) is 122 Å². The van der Waals surface area contributed by atoms with Crippen LogP contribution in [0, 0.1) is 0 Å². The fraction of sp³-hybridized carbons (Fsp3) is 0.148. The number of hydrogen-bond donors (Lipinski definition) is 0. The van der Waals surface area contributed by atoms with Crippen LogP contribution in [-0.2, 0) is 13.1 Å². The molecule has 0 saturated heterocycles. The number of benzene rings is 2. The quantitative estimate of drug-likeness (QED) is 0.405. The summed E-state index contributed by atoms with van der Waals surface area (Å²) in [5, 5.41) is 0. The second-order valence-corrected chi connectivity index (χ2v) is 7.67. The normalized spacial score (nSPS) is 11.0. The first-order valence-electron chi connectivity index (χ1n) is 10.8. The van der Waals surface area contributed by atoms with E-state index in [1.54, 1.807) is 37.3 Å². The fourth-order valence-electron chi connectivity index (χ4n) is 3.56. The number of ether oxygens (including phenoxy) is 2. The first-order valence-corrected chi connectivity index (χ1v) is 10.8. The first kappa shape index (κ1) is 22.8. The van der Waals surface area contributed by atoms with Gasteiger partial charge in [-0.1, -0.05) is 30.3 Å². The van der Waals surface area contributed by atoms with Crippen LogP contribution in [0.25, 0.3) is 12.2 Å². The van der Waals surface area contributed by atoms with Crippen molar-refractivity contribution >= 4 is 12.2 Å². The van der Waals surface area contributed by atoms with E-state index in [0.29, 0.717) is 18.0 Å². The van der Waals surface area contributed by atoms with Crippen LogP contribution in [0.1, 0.15) is 22.4 Å². The Morgan fingerprint density at radius 1 is 0.735 bits per heavy atom. The average Bonchev–Trinajstić information content (AvgIpc) is 2.88. The molecule has 0 spiro atoms. The molecule has 4 aromatic rings. The molecular weight excluding hydrogens is 430 g/mol. The summed E-state index contributed by atoms with van der Waals surface area (Å²) in [6.45, 7) is 0.473. The Morgan fingerprint density at radius 2 is 1.26 bits per heavy atom. The number of nitrogens with zero attached hydrogens (tertiary/aromatic N) is 3. The zero-order chi connectivity index (χ0) is 23.9. The SMILES string of the molecule is COc1ccc(Cn2c(C=Cc3ccncc3)cc(=O)n(Cc3ccc(OC)cc3)c2=O)cc1. The highest BCUT2D eigenvalue weighted by atomic mass is 16.5. The van der Waals surface area contributed by atoms with Crippen LogP contribution in [0.5, 0.6) is 11.5 Å². The molecule has 0 aliphatic rings. The van der Waals surface area contributed by atoms with Crippen molar-refractivity contribution in [2.24, 2.45) is 0 Å². The van der Waals surface area contributed by atoms with Crippen LogP contribution in [-0.4, -0.2) is 28.3 Å². The number of rotatable bonds is 8. The smallest absolute Gasteiger partial charge is 0.332 e. The Kier molecular flexibility index (Phi) is 7.03. The number of aromatic nitrogens is 3. The predicted octanol–water partition coefficient (Wildman–Crippen LogP) is 3.69. The largest absolute Gasteiger partial charge is 0.497 e. The molecule has 2 aromatic carbocycles. The maximum atomic E-state index is 13.5. The van der Waals surface area contributed by atoms with Gasteiger partial charge in [-0.15, -0.1) is 0 Å². The predicted molar refractivity (Wildman–Crippen MR) is 132 cm³/mol. The van der Waals surface area contributed by atoms with Gasteiger partial charge >= 0.3 is 5.69 Å². The van der Waals surface area contributed by atoms with E-state index >= 15 is 0 Å². The van der Waals surface area contributed by atoms with Gasteiger partial charge in [-0.3, -0.25) is 18.9 Å². The minimum atomic E-state index is -0.381. The summed E-state index contributed by atoms with van der Waals surface area (Å²) >= 11 is 0. The van der Waals surface area contributed by atoms with Crippen LogP contribution in [0.2, 0.25) is 0 Å². The van der Waals surface area contributed by atoms with Gasteiger partial charge in [-0.25, -0.2) is 4.79 Å². The lowest BCUT2D eigenvalue weighted by atomic mass is 10.2. The van der Waals surface area contributed by atoms with Gasteiger partial charge in [0.1, 0.15) is 11.5 Å². The second kappa shape index (κ2) is 10.5.